The maximum absolute atomic E-state index is 12.6. The van der Waals surface area contributed by atoms with Crippen LogP contribution in [0.5, 0.6) is 0 Å². The first-order chi connectivity index (χ1) is 18.8. The number of aryl methyl sites for hydroxylation is 2. The molecule has 2 N–H and O–H groups in total. The number of hydrogen-bond acceptors (Lipinski definition) is 13. The predicted molar refractivity (Wildman–Crippen MR) is 130 cm³/mol. The van der Waals surface area contributed by atoms with Crippen LogP contribution < -0.4 is 0 Å². The van der Waals surface area contributed by atoms with Crippen LogP contribution in [0.2, 0.25) is 0 Å². The second-order valence-electron chi connectivity index (χ2n) is 7.25. The second kappa shape index (κ2) is 28.3. The van der Waals surface area contributed by atoms with Gasteiger partial charge in [-0.3, -0.25) is 30.1 Å². The van der Waals surface area contributed by atoms with Gasteiger partial charge in [0.2, 0.25) is 5.91 Å². The van der Waals surface area contributed by atoms with E-state index in [9.17, 15) is 14.8 Å². The van der Waals surface area contributed by atoms with E-state index in [-0.39, 0.29) is 38.6 Å². The summed E-state index contributed by atoms with van der Waals surface area (Å²) in [7, 11) is 2.42. The Hall–Kier alpha value is -3.73. The zero-order valence-electron chi connectivity index (χ0n) is 21.9. The number of amides is 1. The third kappa shape index (κ3) is 17.0. The summed E-state index contributed by atoms with van der Waals surface area (Å²) in [5, 5.41) is 19.0. The zero-order valence-corrected chi connectivity index (χ0v) is 24.6. The minimum Gasteiger partial charge on any atom is -0.545 e. The van der Waals surface area contributed by atoms with Crippen LogP contribution in [-0.2, 0) is 86.0 Å². The molecule has 3 heterocycles. The smallest absolute Gasteiger partial charge is 0.475 e. The number of carbonyl (C=O) groups is 1. The average molecular weight is 736 g/mol. The molecule has 1 fully saturated rings. The molecule has 1 saturated heterocycles. The number of aromatic nitrogens is 4. The van der Waals surface area contributed by atoms with Crippen molar-refractivity contribution in [3.8, 4) is 0 Å². The van der Waals surface area contributed by atoms with E-state index in [1.54, 1.807) is 17.3 Å². The molecule has 221 valence electrons. The summed E-state index contributed by atoms with van der Waals surface area (Å²) >= 11 is 0. The molecule has 40 heavy (non-hydrogen) atoms. The first-order valence-electron chi connectivity index (χ1n) is 10.8. The number of carbonyl (C=O) groups excluding carboxylic acids is 8. The van der Waals surface area contributed by atoms with Crippen LogP contribution in [0.1, 0.15) is 30.9 Å². The van der Waals surface area contributed by atoms with E-state index in [1.165, 1.54) is 0 Å². The van der Waals surface area contributed by atoms with Gasteiger partial charge in [0, 0.05) is 78.8 Å². The molecule has 1 unspecified atom stereocenters. The molecule has 1 aliphatic heterocycles. The van der Waals surface area contributed by atoms with E-state index in [4.69, 9.17) is 33.6 Å². The van der Waals surface area contributed by atoms with Crippen LogP contribution in [0.15, 0.2) is 24.8 Å². The predicted octanol–water partition coefficient (Wildman–Crippen LogP) is -2.44. The van der Waals surface area contributed by atoms with Crippen molar-refractivity contribution in [1.29, 1.82) is 0 Å². The fraction of sp³-hybridized carbons (Fsp3) is 0.455. The zero-order chi connectivity index (χ0) is 30.8. The second-order valence-corrected chi connectivity index (χ2v) is 7.25. The third-order valence-corrected chi connectivity index (χ3v) is 5.18. The van der Waals surface area contributed by atoms with Gasteiger partial charge in [0.25, 0.3) is 0 Å². The van der Waals surface area contributed by atoms with Crippen molar-refractivity contribution in [2.24, 2.45) is 14.1 Å². The van der Waals surface area contributed by atoms with Crippen molar-refractivity contribution in [2.45, 2.75) is 38.3 Å². The van der Waals surface area contributed by atoms with Crippen LogP contribution in [0.3, 0.4) is 0 Å². The summed E-state index contributed by atoms with van der Waals surface area (Å²) in [5.74, 6) is 1.30. The molecule has 16 nitrogen and oxygen atoms in total. The van der Waals surface area contributed by atoms with Crippen LogP contribution in [0.4, 0.5) is 0 Å². The molecule has 0 aromatic carbocycles. The molecule has 18 heteroatoms. The van der Waals surface area contributed by atoms with Gasteiger partial charge in [-0.2, -0.15) is 19.2 Å². The summed E-state index contributed by atoms with van der Waals surface area (Å²) in [5.41, 5.74) is 0. The van der Waals surface area contributed by atoms with Crippen molar-refractivity contribution >= 4 is 45.7 Å². The molecule has 1 atom stereocenters. The van der Waals surface area contributed by atoms with Crippen molar-refractivity contribution in [2.75, 3.05) is 13.1 Å². The van der Waals surface area contributed by atoms with E-state index in [0.717, 1.165) is 18.1 Å². The first-order valence-corrected chi connectivity index (χ1v) is 10.8. The normalized spacial score (nSPS) is 12.2. The van der Waals surface area contributed by atoms with E-state index in [0.29, 0.717) is 39.0 Å². The van der Waals surface area contributed by atoms with Gasteiger partial charge < -0.3 is 38.5 Å². The average Bonchev–Trinajstić information content (AvgIpc) is 3.69. The van der Waals surface area contributed by atoms with Gasteiger partial charge in [0.1, 0.15) is 11.6 Å². The number of likely N-dealkylation sites (tertiary alicyclic amines) is 1. The van der Waals surface area contributed by atoms with Crippen LogP contribution >= 0.6 is 0 Å². The van der Waals surface area contributed by atoms with E-state index in [1.807, 2.05) is 35.6 Å². The molecule has 0 aliphatic carbocycles. The Morgan fingerprint density at radius 1 is 0.950 bits per heavy atom. The van der Waals surface area contributed by atoms with Gasteiger partial charge in [0.15, 0.2) is 0 Å². The molecule has 1 radical (unpaired) electrons. The van der Waals surface area contributed by atoms with Crippen LogP contribution in [0, 0.1) is 0 Å². The van der Waals surface area contributed by atoms with Gasteiger partial charge in [0.05, 0.1) is 19.0 Å². The molecule has 2 aromatic heterocycles. The Labute approximate surface area is 245 Å². The van der Waals surface area contributed by atoms with E-state index in [2.05, 4.69) is 35.2 Å². The van der Waals surface area contributed by atoms with Gasteiger partial charge >= 0.3 is 19.4 Å². The maximum atomic E-state index is 12.6. The van der Waals surface area contributed by atoms with Crippen LogP contribution in [-0.4, -0.2) is 104 Å². The minimum atomic E-state index is -1.48. The van der Waals surface area contributed by atoms with Crippen molar-refractivity contribution < 1.29 is 68.8 Å². The monoisotopic (exact) mass is 736 g/mol. The standard InChI is InChI=1S/C17H27BN6O3.2CO2.3CHO.Re/c1-21-10-6-19-15(21)12-23(13-16-20-7-11-22(16)2)9-5-17(25)24-8-3-4-14(24)18(26)27;2*2-1-3;3*1-2;/h6-7,10-11,14,26-27H,3-5,8-9,12-13H2,1-2H3;;;3*1H;/q;;;3*-1;. The molecule has 1 amide bonds. The fourth-order valence-electron chi connectivity index (χ4n) is 3.52. The van der Waals surface area contributed by atoms with Crippen molar-refractivity contribution in [3.63, 3.8) is 0 Å². The van der Waals surface area contributed by atoms with Gasteiger partial charge in [-0.1, -0.05) is 0 Å². The Morgan fingerprint density at radius 3 is 1.68 bits per heavy atom. The Balaban J connectivity index is -0.000000435. The summed E-state index contributed by atoms with van der Waals surface area (Å²) in [6.07, 6.45) is 9.58. The van der Waals surface area contributed by atoms with Gasteiger partial charge in [-0.15, -0.1) is 0 Å². The molecular weight excluding hydrogens is 705 g/mol. The maximum Gasteiger partial charge on any atom is 0.475 e. The van der Waals surface area contributed by atoms with E-state index < -0.39 is 13.1 Å². The Kier molecular flexibility index (Phi) is 30.6. The molecule has 0 saturated carbocycles. The first kappa shape index (κ1) is 43.3. The molecular formula is C22H30BN6O10Re-3. The summed E-state index contributed by atoms with van der Waals surface area (Å²) in [6.45, 7) is 12.1. The minimum absolute atomic E-state index is 0. The summed E-state index contributed by atoms with van der Waals surface area (Å²) in [4.78, 5) is 80.9. The summed E-state index contributed by atoms with van der Waals surface area (Å²) in [6, 6.07) is 0. The Morgan fingerprint density at radius 2 is 1.35 bits per heavy atom. The van der Waals surface area contributed by atoms with Crippen molar-refractivity contribution in [1.82, 2.24) is 28.9 Å². The molecule has 0 spiro atoms. The fourth-order valence-corrected chi connectivity index (χ4v) is 3.52. The number of nitrogens with zero attached hydrogens (tertiary/aromatic N) is 6. The Bertz CT molecular complexity index is 937. The number of rotatable bonds is 8. The topological polar surface area (TPSA) is 219 Å². The quantitative estimate of drug-likeness (QED) is 0.164. The van der Waals surface area contributed by atoms with Crippen molar-refractivity contribution in [3.05, 3.63) is 36.4 Å². The van der Waals surface area contributed by atoms with Crippen LogP contribution in [0.25, 0.3) is 0 Å². The largest absolute Gasteiger partial charge is 0.545 e. The molecule has 0 bridgehead atoms. The van der Waals surface area contributed by atoms with E-state index >= 15 is 0 Å². The molecule has 1 aliphatic rings. The third-order valence-electron chi connectivity index (χ3n) is 5.18. The number of imidazole rings is 2. The summed E-state index contributed by atoms with van der Waals surface area (Å²) < 4.78 is 3.93. The number of hydrogen-bond donors (Lipinski definition) is 2. The van der Waals surface area contributed by atoms with Gasteiger partial charge in [-0.05, 0) is 12.8 Å². The molecule has 2 aromatic rings. The van der Waals surface area contributed by atoms with Gasteiger partial charge in [-0.25, -0.2) is 9.97 Å². The molecule has 3 rings (SSSR count). The SMILES string of the molecule is Cn1ccnc1CN(CCC(=O)N1CCCC1B(O)O)Cc1nccn1C.O=C=O.O=C=O.[CH-]=O.[CH-]=O.[CH-]=O.[Re].